The van der Waals surface area contributed by atoms with E-state index in [1.807, 2.05) is 6.92 Å². The van der Waals surface area contributed by atoms with Gasteiger partial charge in [0.2, 0.25) is 5.91 Å². The molecule has 1 amide bonds. The zero-order chi connectivity index (χ0) is 13.9. The van der Waals surface area contributed by atoms with Crippen LogP contribution in [0.5, 0.6) is 0 Å². The van der Waals surface area contributed by atoms with Crippen LogP contribution in [-0.4, -0.2) is 28.1 Å². The highest BCUT2D eigenvalue weighted by Crippen LogP contribution is 2.37. The van der Waals surface area contributed by atoms with Gasteiger partial charge < -0.3 is 10.4 Å². The molecule has 0 radical (unpaired) electrons. The summed E-state index contributed by atoms with van der Waals surface area (Å²) in [5, 5.41) is 12.7. The van der Waals surface area contributed by atoms with Gasteiger partial charge in [0.05, 0.1) is 10.9 Å². The van der Waals surface area contributed by atoms with Gasteiger partial charge in [-0.15, -0.1) is 11.8 Å². The maximum atomic E-state index is 12.8. The first-order valence-corrected chi connectivity index (χ1v) is 7.36. The first-order chi connectivity index (χ1) is 9.01. The molecule has 1 fully saturated rings. The number of amides is 1. The minimum absolute atomic E-state index is 0.0313. The van der Waals surface area contributed by atoms with Gasteiger partial charge in [0, 0.05) is 6.54 Å². The van der Waals surface area contributed by atoms with Crippen LogP contribution < -0.4 is 5.32 Å². The lowest BCUT2D eigenvalue weighted by atomic mass is 10.0. The molecule has 1 saturated heterocycles. The molecule has 2 atom stereocenters. The van der Waals surface area contributed by atoms with Gasteiger partial charge >= 0.3 is 0 Å². The van der Waals surface area contributed by atoms with Gasteiger partial charge in [-0.25, -0.2) is 4.39 Å². The van der Waals surface area contributed by atoms with Crippen molar-refractivity contribution in [1.82, 2.24) is 5.32 Å². The summed E-state index contributed by atoms with van der Waals surface area (Å²) in [5.41, 5.74) is 0.603. The van der Waals surface area contributed by atoms with E-state index in [0.29, 0.717) is 5.56 Å². The highest BCUT2D eigenvalue weighted by Gasteiger charge is 2.37. The molecular weight excluding hydrogens is 265 g/mol. The second-order valence-corrected chi connectivity index (χ2v) is 6.56. The lowest BCUT2D eigenvalue weighted by molar-refractivity contribution is -0.123. The second-order valence-electron chi connectivity index (χ2n) is 4.96. The van der Waals surface area contributed by atoms with Crippen molar-refractivity contribution >= 4 is 17.7 Å². The van der Waals surface area contributed by atoms with Gasteiger partial charge in [0.15, 0.2) is 0 Å². The number of hydrogen-bond acceptors (Lipinski definition) is 3. The van der Waals surface area contributed by atoms with Crippen LogP contribution in [0, 0.1) is 5.82 Å². The number of carbonyl (C=O) groups excluding carboxylic acids is 1. The van der Waals surface area contributed by atoms with Crippen LogP contribution in [0.2, 0.25) is 0 Å². The zero-order valence-corrected chi connectivity index (χ0v) is 11.7. The van der Waals surface area contributed by atoms with E-state index < -0.39 is 6.10 Å². The molecule has 1 aromatic rings. The third kappa shape index (κ3) is 3.48. The number of aliphatic hydroxyl groups is 1. The topological polar surface area (TPSA) is 49.3 Å². The van der Waals surface area contributed by atoms with E-state index in [1.165, 1.54) is 24.3 Å². The Morgan fingerprint density at radius 2 is 2.21 bits per heavy atom. The van der Waals surface area contributed by atoms with Crippen molar-refractivity contribution in [3.8, 4) is 0 Å². The molecule has 5 heteroatoms. The van der Waals surface area contributed by atoms with E-state index in [2.05, 4.69) is 5.32 Å². The van der Waals surface area contributed by atoms with Crippen LogP contribution >= 0.6 is 11.8 Å². The highest BCUT2D eigenvalue weighted by atomic mass is 32.2. The molecule has 0 bridgehead atoms. The largest absolute Gasteiger partial charge is 0.387 e. The predicted molar refractivity (Wildman–Crippen MR) is 74.5 cm³/mol. The summed E-state index contributed by atoms with van der Waals surface area (Å²) in [5.74, 6) is 0.635. The Labute approximate surface area is 116 Å². The summed E-state index contributed by atoms with van der Waals surface area (Å²) in [6.07, 6.45) is 1.12. The molecule has 1 aliphatic rings. The molecule has 0 spiro atoms. The average Bonchev–Trinajstić information content (AvgIpc) is 2.84. The highest BCUT2D eigenvalue weighted by molar-refractivity contribution is 8.01. The molecule has 1 aromatic carbocycles. The van der Waals surface area contributed by atoms with Gasteiger partial charge in [-0.1, -0.05) is 12.1 Å². The monoisotopic (exact) mass is 283 g/mol. The minimum Gasteiger partial charge on any atom is -0.387 e. The summed E-state index contributed by atoms with van der Waals surface area (Å²) < 4.78 is 12.4. The fraction of sp³-hybridized carbons (Fsp3) is 0.500. The van der Waals surface area contributed by atoms with E-state index in [0.717, 1.165) is 18.6 Å². The lowest BCUT2D eigenvalue weighted by Gasteiger charge is -2.22. The number of aliphatic hydroxyl groups excluding tert-OH is 1. The molecule has 104 valence electrons. The van der Waals surface area contributed by atoms with E-state index >= 15 is 0 Å². The Balaban J connectivity index is 1.88. The SMILES string of the molecule is CC1(C(=O)NCC(O)c2ccc(F)cc2)CCCS1. The smallest absolute Gasteiger partial charge is 0.236 e. The minimum atomic E-state index is -0.806. The normalized spacial score (nSPS) is 24.2. The first-order valence-electron chi connectivity index (χ1n) is 6.37. The number of benzene rings is 1. The Morgan fingerprint density at radius 3 is 2.79 bits per heavy atom. The lowest BCUT2D eigenvalue weighted by Crippen LogP contribution is -2.42. The standard InChI is InChI=1S/C14H18FNO2S/c1-14(7-2-8-19-14)13(18)16-9-12(17)10-3-5-11(15)6-4-10/h3-6,12,17H,2,7-9H2,1H3,(H,16,18). The molecule has 1 aliphatic heterocycles. The molecule has 3 nitrogen and oxygen atoms in total. The van der Waals surface area contributed by atoms with Crippen molar-refractivity contribution in [2.75, 3.05) is 12.3 Å². The third-order valence-corrected chi connectivity index (χ3v) is 4.93. The molecule has 2 N–H and O–H groups in total. The van der Waals surface area contributed by atoms with Crippen molar-refractivity contribution in [1.29, 1.82) is 0 Å². The molecule has 19 heavy (non-hydrogen) atoms. The Kier molecular flexibility index (Phi) is 4.47. The third-order valence-electron chi connectivity index (χ3n) is 3.41. The van der Waals surface area contributed by atoms with E-state index in [4.69, 9.17) is 0 Å². The molecular formula is C14H18FNO2S. The zero-order valence-electron chi connectivity index (χ0n) is 10.9. The summed E-state index contributed by atoms with van der Waals surface area (Å²) in [4.78, 5) is 12.1. The maximum Gasteiger partial charge on any atom is 0.236 e. The Morgan fingerprint density at radius 1 is 1.53 bits per heavy atom. The average molecular weight is 283 g/mol. The number of hydrogen-bond donors (Lipinski definition) is 2. The molecule has 0 saturated carbocycles. The van der Waals surface area contributed by atoms with Crippen LogP contribution in [0.1, 0.15) is 31.4 Å². The van der Waals surface area contributed by atoms with Crippen molar-refractivity contribution in [2.24, 2.45) is 0 Å². The van der Waals surface area contributed by atoms with Crippen LogP contribution in [0.25, 0.3) is 0 Å². The quantitative estimate of drug-likeness (QED) is 0.891. The van der Waals surface area contributed by atoms with Crippen LogP contribution in [-0.2, 0) is 4.79 Å². The molecule has 0 aliphatic carbocycles. The first kappa shape index (κ1) is 14.3. The molecule has 2 unspecified atom stereocenters. The number of carbonyl (C=O) groups is 1. The summed E-state index contributed by atoms with van der Waals surface area (Å²) in [6, 6.07) is 5.65. The second kappa shape index (κ2) is 5.92. The van der Waals surface area contributed by atoms with Crippen LogP contribution in [0.15, 0.2) is 24.3 Å². The van der Waals surface area contributed by atoms with Crippen molar-refractivity contribution in [3.05, 3.63) is 35.6 Å². The molecule has 1 heterocycles. The van der Waals surface area contributed by atoms with E-state index in [-0.39, 0.29) is 23.0 Å². The van der Waals surface area contributed by atoms with Gasteiger partial charge in [0.25, 0.3) is 0 Å². The van der Waals surface area contributed by atoms with Gasteiger partial charge in [-0.3, -0.25) is 4.79 Å². The maximum absolute atomic E-state index is 12.8. The number of nitrogens with one attached hydrogen (secondary N) is 1. The molecule has 0 aromatic heterocycles. The van der Waals surface area contributed by atoms with Crippen LogP contribution in [0.4, 0.5) is 4.39 Å². The van der Waals surface area contributed by atoms with Crippen molar-refractivity contribution in [3.63, 3.8) is 0 Å². The van der Waals surface area contributed by atoms with Crippen molar-refractivity contribution in [2.45, 2.75) is 30.6 Å². The predicted octanol–water partition coefficient (Wildman–Crippen LogP) is 2.26. The number of thioether (sulfide) groups is 1. The van der Waals surface area contributed by atoms with Gasteiger partial charge in [-0.2, -0.15) is 0 Å². The van der Waals surface area contributed by atoms with E-state index in [9.17, 15) is 14.3 Å². The Bertz CT molecular complexity index is 443. The fourth-order valence-corrected chi connectivity index (χ4v) is 3.37. The van der Waals surface area contributed by atoms with Gasteiger partial charge in [0.1, 0.15) is 5.82 Å². The van der Waals surface area contributed by atoms with E-state index in [1.54, 1.807) is 11.8 Å². The number of halogens is 1. The Hall–Kier alpha value is -1.07. The summed E-state index contributed by atoms with van der Waals surface area (Å²) in [6.45, 7) is 2.09. The van der Waals surface area contributed by atoms with Gasteiger partial charge in [-0.05, 0) is 43.2 Å². The van der Waals surface area contributed by atoms with Crippen LogP contribution in [0.3, 0.4) is 0 Å². The fourth-order valence-electron chi connectivity index (χ4n) is 2.14. The summed E-state index contributed by atoms with van der Waals surface area (Å²) >= 11 is 1.66. The van der Waals surface area contributed by atoms with Crippen molar-refractivity contribution < 1.29 is 14.3 Å². The number of rotatable bonds is 4. The molecule has 2 rings (SSSR count). The summed E-state index contributed by atoms with van der Waals surface area (Å²) in [7, 11) is 0.